The lowest BCUT2D eigenvalue weighted by molar-refractivity contribution is -0.265. The summed E-state index contributed by atoms with van der Waals surface area (Å²) in [6, 6.07) is 2.99. The Labute approximate surface area is 127 Å². The summed E-state index contributed by atoms with van der Waals surface area (Å²) in [6.45, 7) is 4.35. The Morgan fingerprint density at radius 1 is 0.955 bits per heavy atom. The second-order valence-electron chi connectivity index (χ2n) is 4.70. The largest absolute Gasteiger partial charge is 0.427 e. The number of halogens is 7. The molecule has 1 aromatic rings. The van der Waals surface area contributed by atoms with E-state index in [2.05, 4.69) is 16.3 Å². The van der Waals surface area contributed by atoms with E-state index >= 15 is 0 Å². The highest BCUT2D eigenvalue weighted by Gasteiger charge is 2.76. The SMILES string of the molecule is Cc1ccc(C)c(OC(=O)C(Cl)(C(F)(F)F)C(F)(F)F)c1C. The molecule has 1 aromatic carbocycles. The molecule has 0 heterocycles. The lowest BCUT2D eigenvalue weighted by Gasteiger charge is -2.29. The number of rotatable bonds is 2. The predicted molar refractivity (Wildman–Crippen MR) is 67.0 cm³/mol. The average molecular weight is 349 g/mol. The molecule has 0 radical (unpaired) electrons. The number of esters is 1. The minimum atomic E-state index is -6.06. The lowest BCUT2D eigenvalue weighted by atomic mass is 10.0. The summed E-state index contributed by atoms with van der Waals surface area (Å²) in [6.07, 6.45) is -12.1. The number of alkyl halides is 7. The van der Waals surface area contributed by atoms with Gasteiger partial charge in [-0.2, -0.15) is 26.3 Å². The molecule has 0 amide bonds. The first kappa shape index (κ1) is 18.6. The van der Waals surface area contributed by atoms with Crippen molar-refractivity contribution in [1.82, 2.24) is 0 Å². The molecule has 9 heteroatoms. The van der Waals surface area contributed by atoms with Gasteiger partial charge in [-0.3, -0.25) is 0 Å². The van der Waals surface area contributed by atoms with Crippen LogP contribution in [0.5, 0.6) is 5.75 Å². The van der Waals surface area contributed by atoms with Crippen molar-refractivity contribution in [3.05, 3.63) is 28.8 Å². The Morgan fingerprint density at radius 3 is 1.77 bits per heavy atom. The molecule has 0 aliphatic rings. The summed E-state index contributed by atoms with van der Waals surface area (Å²) in [7, 11) is 0. The van der Waals surface area contributed by atoms with Crippen LogP contribution in [-0.4, -0.2) is 23.2 Å². The first-order chi connectivity index (χ1) is 9.73. The normalized spacial score (nSPS) is 13.2. The summed E-state index contributed by atoms with van der Waals surface area (Å²) in [5.74, 6) is -3.01. The Bertz CT molecular complexity index is 577. The van der Waals surface area contributed by atoms with Gasteiger partial charge in [-0.05, 0) is 37.5 Å². The summed E-state index contributed by atoms with van der Waals surface area (Å²) < 4.78 is 80.5. The fourth-order valence-electron chi connectivity index (χ4n) is 1.64. The Kier molecular flexibility index (Phi) is 4.77. The van der Waals surface area contributed by atoms with Crippen LogP contribution < -0.4 is 4.74 Å². The minimum Gasteiger partial charge on any atom is -0.424 e. The molecule has 0 saturated carbocycles. The number of ether oxygens (including phenoxy) is 1. The molecule has 2 nitrogen and oxygen atoms in total. The van der Waals surface area contributed by atoms with Gasteiger partial charge in [-0.1, -0.05) is 23.7 Å². The van der Waals surface area contributed by atoms with Crippen LogP contribution >= 0.6 is 11.6 Å². The van der Waals surface area contributed by atoms with E-state index in [9.17, 15) is 31.1 Å². The van der Waals surface area contributed by atoms with Crippen molar-refractivity contribution in [2.75, 3.05) is 0 Å². The van der Waals surface area contributed by atoms with Crippen molar-refractivity contribution in [2.45, 2.75) is 38.0 Å². The van der Waals surface area contributed by atoms with Gasteiger partial charge < -0.3 is 4.74 Å². The van der Waals surface area contributed by atoms with E-state index in [0.717, 1.165) is 0 Å². The smallest absolute Gasteiger partial charge is 0.424 e. The van der Waals surface area contributed by atoms with Gasteiger partial charge in [0.2, 0.25) is 0 Å². The molecule has 0 aliphatic carbocycles. The van der Waals surface area contributed by atoms with E-state index < -0.39 is 23.2 Å². The fourth-order valence-corrected chi connectivity index (χ4v) is 1.68. The molecule has 0 aromatic heterocycles. The lowest BCUT2D eigenvalue weighted by Crippen LogP contribution is -2.59. The number of carbonyl (C=O) groups excluding carboxylic acids is 1. The van der Waals surface area contributed by atoms with Crippen LogP contribution in [0.2, 0.25) is 0 Å². The van der Waals surface area contributed by atoms with Gasteiger partial charge >= 0.3 is 23.2 Å². The maximum absolute atomic E-state index is 12.7. The third kappa shape index (κ3) is 3.02. The van der Waals surface area contributed by atoms with Crippen molar-refractivity contribution < 1.29 is 35.9 Å². The average Bonchev–Trinajstić information content (AvgIpc) is 2.35. The molecule has 124 valence electrons. The molecule has 0 atom stereocenters. The molecule has 22 heavy (non-hydrogen) atoms. The first-order valence-corrected chi connectivity index (χ1v) is 6.22. The molecule has 0 fully saturated rings. The van der Waals surface area contributed by atoms with Gasteiger partial charge in [-0.15, -0.1) is 0 Å². The van der Waals surface area contributed by atoms with Crippen LogP contribution in [0.15, 0.2) is 12.1 Å². The van der Waals surface area contributed by atoms with E-state index in [-0.39, 0.29) is 16.9 Å². The molecule has 0 aliphatic heterocycles. The van der Waals surface area contributed by atoms with E-state index in [0.29, 0.717) is 5.56 Å². The van der Waals surface area contributed by atoms with Crippen LogP contribution in [0, 0.1) is 20.8 Å². The maximum Gasteiger partial charge on any atom is 0.427 e. The molecular weight excluding hydrogens is 338 g/mol. The molecule has 1 rings (SSSR count). The zero-order chi connectivity index (χ0) is 17.5. The van der Waals surface area contributed by atoms with Crippen molar-refractivity contribution in [2.24, 2.45) is 0 Å². The van der Waals surface area contributed by atoms with Crippen LogP contribution in [-0.2, 0) is 4.79 Å². The maximum atomic E-state index is 12.7. The summed E-state index contributed by atoms with van der Waals surface area (Å²) >= 11 is 4.61. The Hall–Kier alpha value is -1.44. The topological polar surface area (TPSA) is 26.3 Å². The first-order valence-electron chi connectivity index (χ1n) is 5.85. The van der Waals surface area contributed by atoms with Crippen molar-refractivity contribution in [3.63, 3.8) is 0 Å². The number of aryl methyl sites for hydroxylation is 2. The van der Waals surface area contributed by atoms with Crippen molar-refractivity contribution >= 4 is 17.6 Å². The highest BCUT2D eigenvalue weighted by atomic mass is 35.5. The van der Waals surface area contributed by atoms with Gasteiger partial charge in [0.15, 0.2) is 0 Å². The minimum absolute atomic E-state index is 0.208. The highest BCUT2D eigenvalue weighted by molar-refractivity contribution is 6.35. The molecule has 0 unspecified atom stereocenters. The number of carbonyl (C=O) groups is 1. The highest BCUT2D eigenvalue weighted by Crippen LogP contribution is 2.49. The second-order valence-corrected chi connectivity index (χ2v) is 5.26. The molecule has 0 bridgehead atoms. The Balaban J connectivity index is 3.34. The summed E-state index contributed by atoms with van der Waals surface area (Å²) in [5, 5.41) is 0. The van der Waals surface area contributed by atoms with E-state index in [4.69, 9.17) is 0 Å². The monoisotopic (exact) mass is 348 g/mol. The van der Waals surface area contributed by atoms with Gasteiger partial charge in [0.25, 0.3) is 0 Å². The Morgan fingerprint density at radius 2 is 1.36 bits per heavy atom. The van der Waals surface area contributed by atoms with Gasteiger partial charge in [-0.25, -0.2) is 4.79 Å². The van der Waals surface area contributed by atoms with Crippen molar-refractivity contribution in [3.8, 4) is 5.75 Å². The standard InChI is InChI=1S/C13H11ClF6O2/c1-6-4-5-7(2)9(8(6)3)22-10(21)11(14,12(15,16)17)13(18,19)20/h4-5H,1-3H3. The quantitative estimate of drug-likeness (QED) is 0.337. The molecular formula is C13H11ClF6O2. The van der Waals surface area contributed by atoms with Gasteiger partial charge in [0.1, 0.15) is 5.75 Å². The summed E-state index contributed by atoms with van der Waals surface area (Å²) in [5.41, 5.74) is 0.990. The predicted octanol–water partition coefficient (Wildman–Crippen LogP) is 4.62. The van der Waals surface area contributed by atoms with Crippen LogP contribution in [0.3, 0.4) is 0 Å². The zero-order valence-corrected chi connectivity index (χ0v) is 12.4. The van der Waals surface area contributed by atoms with E-state index in [1.165, 1.54) is 19.9 Å². The third-order valence-corrected chi connectivity index (χ3v) is 3.71. The van der Waals surface area contributed by atoms with E-state index in [1.54, 1.807) is 13.0 Å². The van der Waals surface area contributed by atoms with Crippen LogP contribution in [0.1, 0.15) is 16.7 Å². The zero-order valence-electron chi connectivity index (χ0n) is 11.6. The van der Waals surface area contributed by atoms with Crippen LogP contribution in [0.4, 0.5) is 26.3 Å². The third-order valence-electron chi connectivity index (χ3n) is 3.13. The molecule has 0 saturated heterocycles. The summed E-state index contributed by atoms with van der Waals surface area (Å²) in [4.78, 5) is 6.43. The van der Waals surface area contributed by atoms with Crippen molar-refractivity contribution in [1.29, 1.82) is 0 Å². The molecule has 0 spiro atoms. The number of hydrogen-bond donors (Lipinski definition) is 0. The second kappa shape index (κ2) is 5.64. The number of hydrogen-bond acceptors (Lipinski definition) is 2. The van der Waals surface area contributed by atoms with Gasteiger partial charge in [0.05, 0.1) is 0 Å². The van der Waals surface area contributed by atoms with E-state index in [1.807, 2.05) is 0 Å². The van der Waals surface area contributed by atoms with Crippen LogP contribution in [0.25, 0.3) is 0 Å². The fraction of sp³-hybridized carbons (Fsp3) is 0.462. The number of benzene rings is 1. The molecule has 0 N–H and O–H groups in total. The van der Waals surface area contributed by atoms with Gasteiger partial charge in [0, 0.05) is 0 Å².